The van der Waals surface area contributed by atoms with Crippen molar-refractivity contribution in [2.45, 2.75) is 19.1 Å². The number of hydrogen-bond donors (Lipinski definition) is 2. The van der Waals surface area contributed by atoms with Gasteiger partial charge in [-0.05, 0) is 41.8 Å². The highest BCUT2D eigenvalue weighted by Gasteiger charge is 2.07. The van der Waals surface area contributed by atoms with E-state index in [4.69, 9.17) is 4.74 Å². The minimum atomic E-state index is -0.519. The number of nitrogens with one attached hydrogen (secondary N) is 1. The smallest absolute Gasteiger partial charge is 0.119 e. The summed E-state index contributed by atoms with van der Waals surface area (Å²) in [6.45, 7) is 1.93. The van der Waals surface area contributed by atoms with Crippen LogP contribution in [0.2, 0.25) is 0 Å². The van der Waals surface area contributed by atoms with Crippen LogP contribution >= 0.6 is 0 Å². The lowest BCUT2D eigenvalue weighted by molar-refractivity contribution is 0.175. The molecule has 0 unspecified atom stereocenters. The van der Waals surface area contributed by atoms with Crippen molar-refractivity contribution in [3.63, 3.8) is 0 Å². The highest BCUT2D eigenvalue weighted by molar-refractivity contribution is 5.29. The van der Waals surface area contributed by atoms with Crippen molar-refractivity contribution < 1.29 is 9.84 Å². The molecule has 0 bridgehead atoms. The summed E-state index contributed by atoms with van der Waals surface area (Å²) in [6.07, 6.45) is 0.439. The molecule has 2 N–H and O–H groups in total. The van der Waals surface area contributed by atoms with E-state index >= 15 is 0 Å². The molecule has 3 nitrogen and oxygen atoms in total. The molecule has 0 heterocycles. The molecule has 3 aromatic rings. The van der Waals surface area contributed by atoms with Crippen molar-refractivity contribution >= 4 is 0 Å². The van der Waals surface area contributed by atoms with Crippen LogP contribution in [-0.2, 0) is 13.0 Å². The Morgan fingerprint density at radius 2 is 1.38 bits per heavy atom. The molecule has 0 aliphatic rings. The van der Waals surface area contributed by atoms with Gasteiger partial charge in [0.15, 0.2) is 0 Å². The van der Waals surface area contributed by atoms with Crippen molar-refractivity contribution in [2.24, 2.45) is 0 Å². The van der Waals surface area contributed by atoms with E-state index in [1.54, 1.807) is 0 Å². The van der Waals surface area contributed by atoms with E-state index in [0.717, 1.165) is 29.8 Å². The minimum absolute atomic E-state index is 0.519. The standard InChI is InChI=1S/C23H25NO2/c25-23(17-24-16-15-19-7-3-1-4-8-19)21-11-13-22(14-12-21)26-18-20-9-5-2-6-10-20/h1-14,23-25H,15-18H2/t23-/m0/s1. The highest BCUT2D eigenvalue weighted by atomic mass is 16.5. The van der Waals surface area contributed by atoms with Gasteiger partial charge in [0, 0.05) is 6.54 Å². The molecule has 3 rings (SSSR count). The van der Waals surface area contributed by atoms with E-state index in [0.29, 0.717) is 13.2 Å². The van der Waals surface area contributed by atoms with Gasteiger partial charge in [0.1, 0.15) is 12.4 Å². The number of aliphatic hydroxyl groups excluding tert-OH is 1. The van der Waals surface area contributed by atoms with Crippen LogP contribution in [0.4, 0.5) is 0 Å². The van der Waals surface area contributed by atoms with E-state index in [9.17, 15) is 5.11 Å². The third kappa shape index (κ3) is 5.73. The Morgan fingerprint density at radius 1 is 0.769 bits per heavy atom. The average molecular weight is 347 g/mol. The highest BCUT2D eigenvalue weighted by Crippen LogP contribution is 2.18. The summed E-state index contributed by atoms with van der Waals surface area (Å²) in [5, 5.41) is 13.6. The fourth-order valence-electron chi connectivity index (χ4n) is 2.76. The van der Waals surface area contributed by atoms with Crippen LogP contribution < -0.4 is 10.1 Å². The maximum atomic E-state index is 10.3. The van der Waals surface area contributed by atoms with E-state index in [2.05, 4.69) is 17.4 Å². The quantitative estimate of drug-likeness (QED) is 0.572. The van der Waals surface area contributed by atoms with Crippen molar-refractivity contribution in [3.05, 3.63) is 102 Å². The molecule has 0 aliphatic heterocycles. The van der Waals surface area contributed by atoms with Crippen LogP contribution in [0.1, 0.15) is 22.8 Å². The summed E-state index contributed by atoms with van der Waals surface area (Å²) in [6, 6.07) is 28.1. The summed E-state index contributed by atoms with van der Waals surface area (Å²) in [5.41, 5.74) is 3.33. The van der Waals surface area contributed by atoms with E-state index < -0.39 is 6.10 Å². The molecule has 26 heavy (non-hydrogen) atoms. The van der Waals surface area contributed by atoms with Crippen LogP contribution in [-0.4, -0.2) is 18.2 Å². The van der Waals surface area contributed by atoms with Gasteiger partial charge in [-0.15, -0.1) is 0 Å². The van der Waals surface area contributed by atoms with Gasteiger partial charge in [-0.3, -0.25) is 0 Å². The fraction of sp³-hybridized carbons (Fsp3) is 0.217. The minimum Gasteiger partial charge on any atom is -0.489 e. The third-order valence-corrected chi connectivity index (χ3v) is 4.28. The van der Waals surface area contributed by atoms with Gasteiger partial charge < -0.3 is 15.2 Å². The third-order valence-electron chi connectivity index (χ3n) is 4.28. The maximum absolute atomic E-state index is 10.3. The normalized spacial score (nSPS) is 11.9. The maximum Gasteiger partial charge on any atom is 0.119 e. The summed E-state index contributed by atoms with van der Waals surface area (Å²) in [7, 11) is 0. The monoisotopic (exact) mass is 347 g/mol. The molecular weight excluding hydrogens is 322 g/mol. The summed E-state index contributed by atoms with van der Waals surface area (Å²) in [5.74, 6) is 0.807. The SMILES string of the molecule is O[C@@H](CNCCc1ccccc1)c1ccc(OCc2ccccc2)cc1. The number of aliphatic hydroxyl groups is 1. The van der Waals surface area contributed by atoms with Gasteiger partial charge in [0.05, 0.1) is 6.10 Å². The van der Waals surface area contributed by atoms with Gasteiger partial charge in [0.25, 0.3) is 0 Å². The zero-order valence-electron chi connectivity index (χ0n) is 14.8. The van der Waals surface area contributed by atoms with Crippen LogP contribution in [0.15, 0.2) is 84.9 Å². The second-order valence-corrected chi connectivity index (χ2v) is 6.30. The molecule has 3 aromatic carbocycles. The molecule has 0 aromatic heterocycles. The Hall–Kier alpha value is -2.62. The first-order valence-corrected chi connectivity index (χ1v) is 9.00. The van der Waals surface area contributed by atoms with Crippen molar-refractivity contribution in [1.29, 1.82) is 0 Å². The Bertz CT molecular complexity index is 757. The first-order chi connectivity index (χ1) is 12.8. The fourth-order valence-corrected chi connectivity index (χ4v) is 2.76. The summed E-state index contributed by atoms with van der Waals surface area (Å²) in [4.78, 5) is 0. The van der Waals surface area contributed by atoms with Crippen LogP contribution in [0.5, 0.6) is 5.75 Å². The molecule has 134 valence electrons. The van der Waals surface area contributed by atoms with E-state index in [1.807, 2.05) is 72.8 Å². The Morgan fingerprint density at radius 3 is 2.04 bits per heavy atom. The summed E-state index contributed by atoms with van der Waals surface area (Å²) >= 11 is 0. The topological polar surface area (TPSA) is 41.5 Å². The largest absolute Gasteiger partial charge is 0.489 e. The lowest BCUT2D eigenvalue weighted by atomic mass is 10.1. The van der Waals surface area contributed by atoms with Gasteiger partial charge in [-0.2, -0.15) is 0 Å². The zero-order chi connectivity index (χ0) is 18.0. The second-order valence-electron chi connectivity index (χ2n) is 6.30. The molecule has 3 heteroatoms. The van der Waals surface area contributed by atoms with E-state index in [-0.39, 0.29) is 0 Å². The first kappa shape index (κ1) is 18.2. The predicted octanol–water partition coefficient (Wildman–Crippen LogP) is 4.13. The number of rotatable bonds is 9. The molecule has 0 radical (unpaired) electrons. The molecule has 1 atom stereocenters. The molecule has 0 aliphatic carbocycles. The molecule has 0 spiro atoms. The van der Waals surface area contributed by atoms with Crippen LogP contribution in [0, 0.1) is 0 Å². The lowest BCUT2D eigenvalue weighted by Crippen LogP contribution is -2.23. The average Bonchev–Trinajstić information content (AvgIpc) is 2.71. The number of benzene rings is 3. The van der Waals surface area contributed by atoms with Crippen LogP contribution in [0.25, 0.3) is 0 Å². The number of ether oxygens (including phenoxy) is 1. The molecule has 0 fully saturated rings. The zero-order valence-corrected chi connectivity index (χ0v) is 14.8. The van der Waals surface area contributed by atoms with Crippen LogP contribution in [0.3, 0.4) is 0 Å². The van der Waals surface area contributed by atoms with Gasteiger partial charge >= 0.3 is 0 Å². The van der Waals surface area contributed by atoms with Gasteiger partial charge in [-0.1, -0.05) is 72.8 Å². The van der Waals surface area contributed by atoms with Gasteiger partial charge in [0.2, 0.25) is 0 Å². The molecule has 0 saturated heterocycles. The first-order valence-electron chi connectivity index (χ1n) is 9.00. The molecular formula is C23H25NO2. The van der Waals surface area contributed by atoms with Crippen molar-refractivity contribution in [2.75, 3.05) is 13.1 Å². The van der Waals surface area contributed by atoms with E-state index in [1.165, 1.54) is 5.56 Å². The van der Waals surface area contributed by atoms with Crippen molar-refractivity contribution in [1.82, 2.24) is 5.32 Å². The van der Waals surface area contributed by atoms with Gasteiger partial charge in [-0.25, -0.2) is 0 Å². The van der Waals surface area contributed by atoms with Crippen molar-refractivity contribution in [3.8, 4) is 5.75 Å². The summed E-state index contributed by atoms with van der Waals surface area (Å²) < 4.78 is 5.78. The predicted molar refractivity (Wildman–Crippen MR) is 105 cm³/mol. The lowest BCUT2D eigenvalue weighted by Gasteiger charge is -2.13. The Kier molecular flexibility index (Phi) is 6.82. The number of hydrogen-bond acceptors (Lipinski definition) is 3. The Labute approximate surface area is 155 Å². The molecule has 0 saturated carbocycles. The second kappa shape index (κ2) is 9.76. The Balaban J connectivity index is 1.41. The molecule has 0 amide bonds.